The van der Waals surface area contributed by atoms with Crippen LogP contribution in [0.1, 0.15) is 62.0 Å². The smallest absolute Gasteiger partial charge is 0.317 e. The molecule has 1 fully saturated rings. The van der Waals surface area contributed by atoms with E-state index in [0.717, 1.165) is 50.9 Å². The first-order valence-electron chi connectivity index (χ1n) is 10.9. The van der Waals surface area contributed by atoms with E-state index in [2.05, 4.69) is 58.2 Å². The van der Waals surface area contributed by atoms with E-state index in [4.69, 9.17) is 4.98 Å². The third kappa shape index (κ3) is 4.08. The Balaban J connectivity index is 1.34. The van der Waals surface area contributed by atoms with Gasteiger partial charge in [0.25, 0.3) is 0 Å². The van der Waals surface area contributed by atoms with Crippen LogP contribution in [0.2, 0.25) is 0 Å². The van der Waals surface area contributed by atoms with Crippen LogP contribution in [0.3, 0.4) is 0 Å². The number of rotatable bonds is 6. The number of benzene rings is 1. The van der Waals surface area contributed by atoms with Gasteiger partial charge in [-0.3, -0.25) is 0 Å². The second-order valence-corrected chi connectivity index (χ2v) is 8.11. The third-order valence-corrected chi connectivity index (χ3v) is 6.31. The van der Waals surface area contributed by atoms with E-state index in [1.165, 1.54) is 24.2 Å². The highest BCUT2D eigenvalue weighted by molar-refractivity contribution is 5.75. The van der Waals surface area contributed by atoms with Gasteiger partial charge >= 0.3 is 6.03 Å². The van der Waals surface area contributed by atoms with Gasteiger partial charge in [-0.15, -0.1) is 0 Å². The molecule has 2 aliphatic rings. The standard InChI is InChI=1S/C23H32N4O/c1-2-20(18-9-4-3-5-10-18)21-11-8-16-27(21)23(28)24-14-13-19-17-26-15-7-6-12-22(26)25-19/h3-5,9-10,17,20-21H,2,6-8,11-16H2,1H3,(H,24,28)/t20-,21-/m1/s1. The van der Waals surface area contributed by atoms with Gasteiger partial charge in [-0.2, -0.15) is 0 Å². The molecule has 0 spiro atoms. The first kappa shape index (κ1) is 19.0. The lowest BCUT2D eigenvalue weighted by Gasteiger charge is -2.31. The Morgan fingerprint density at radius 3 is 2.86 bits per heavy atom. The zero-order valence-corrected chi connectivity index (χ0v) is 16.9. The molecular formula is C23H32N4O. The molecule has 0 unspecified atom stereocenters. The number of likely N-dealkylation sites (tertiary alicyclic amines) is 1. The number of hydrogen-bond acceptors (Lipinski definition) is 2. The quantitative estimate of drug-likeness (QED) is 0.819. The summed E-state index contributed by atoms with van der Waals surface area (Å²) in [5.41, 5.74) is 2.45. The molecule has 1 saturated heterocycles. The molecule has 5 nitrogen and oxygen atoms in total. The van der Waals surface area contributed by atoms with Crippen LogP contribution in [0.15, 0.2) is 36.5 Å². The van der Waals surface area contributed by atoms with Crippen LogP contribution in [-0.2, 0) is 19.4 Å². The van der Waals surface area contributed by atoms with Crippen molar-refractivity contribution in [2.45, 2.75) is 70.4 Å². The lowest BCUT2D eigenvalue weighted by Crippen LogP contribution is -2.45. The summed E-state index contributed by atoms with van der Waals surface area (Å²) in [6, 6.07) is 11.0. The molecule has 2 aromatic rings. The molecule has 0 radical (unpaired) electrons. The summed E-state index contributed by atoms with van der Waals surface area (Å²) in [5, 5.41) is 3.15. The minimum Gasteiger partial charge on any atom is -0.338 e. The zero-order chi connectivity index (χ0) is 19.3. The fraction of sp³-hybridized carbons (Fsp3) is 0.565. The minimum absolute atomic E-state index is 0.0841. The lowest BCUT2D eigenvalue weighted by molar-refractivity contribution is 0.184. The number of aryl methyl sites for hydroxylation is 2. The van der Waals surface area contributed by atoms with Gasteiger partial charge in [-0.05, 0) is 37.7 Å². The van der Waals surface area contributed by atoms with Crippen molar-refractivity contribution in [2.24, 2.45) is 0 Å². The molecular weight excluding hydrogens is 348 g/mol. The summed E-state index contributed by atoms with van der Waals surface area (Å²) in [6.07, 6.45) is 9.78. The van der Waals surface area contributed by atoms with E-state index in [9.17, 15) is 4.79 Å². The largest absolute Gasteiger partial charge is 0.338 e. The van der Waals surface area contributed by atoms with Gasteiger partial charge in [0.15, 0.2) is 0 Å². The van der Waals surface area contributed by atoms with Crippen LogP contribution >= 0.6 is 0 Å². The fourth-order valence-corrected chi connectivity index (χ4v) is 4.88. The van der Waals surface area contributed by atoms with Crippen molar-refractivity contribution in [1.82, 2.24) is 19.8 Å². The maximum absolute atomic E-state index is 12.9. The highest BCUT2D eigenvalue weighted by Crippen LogP contribution is 2.33. The summed E-state index contributed by atoms with van der Waals surface area (Å²) in [7, 11) is 0. The van der Waals surface area contributed by atoms with E-state index in [1.807, 2.05) is 0 Å². The van der Waals surface area contributed by atoms with Gasteiger partial charge in [0.2, 0.25) is 0 Å². The van der Waals surface area contributed by atoms with Crippen LogP contribution in [0.5, 0.6) is 0 Å². The number of hydrogen-bond donors (Lipinski definition) is 1. The SMILES string of the molecule is CC[C@H](c1ccccc1)[C@H]1CCCN1C(=O)NCCc1cn2c(n1)CCCC2. The molecule has 4 rings (SSSR count). The summed E-state index contributed by atoms with van der Waals surface area (Å²) < 4.78 is 2.28. The number of carbonyl (C=O) groups is 1. The van der Waals surface area contributed by atoms with Crippen LogP contribution < -0.4 is 5.32 Å². The predicted octanol–water partition coefficient (Wildman–Crippen LogP) is 4.13. The van der Waals surface area contributed by atoms with Gasteiger partial charge in [0.1, 0.15) is 5.82 Å². The molecule has 1 N–H and O–H groups in total. The highest BCUT2D eigenvalue weighted by atomic mass is 16.2. The topological polar surface area (TPSA) is 50.2 Å². The van der Waals surface area contributed by atoms with Crippen molar-refractivity contribution in [3.8, 4) is 0 Å². The summed E-state index contributed by atoms with van der Waals surface area (Å²) >= 11 is 0. The second-order valence-electron chi connectivity index (χ2n) is 8.11. The van der Waals surface area contributed by atoms with Crippen LogP contribution in [0.25, 0.3) is 0 Å². The van der Waals surface area contributed by atoms with Crippen molar-refractivity contribution in [3.05, 3.63) is 53.6 Å². The first-order valence-corrected chi connectivity index (χ1v) is 10.9. The number of imidazole rings is 1. The molecule has 5 heteroatoms. The number of aromatic nitrogens is 2. The van der Waals surface area contributed by atoms with E-state index in [0.29, 0.717) is 18.5 Å². The monoisotopic (exact) mass is 380 g/mol. The molecule has 2 amide bonds. The Kier molecular flexibility index (Phi) is 5.98. The normalized spacial score (nSPS) is 20.0. The lowest BCUT2D eigenvalue weighted by atomic mass is 9.88. The predicted molar refractivity (Wildman–Crippen MR) is 111 cm³/mol. The average molecular weight is 381 g/mol. The number of amides is 2. The number of fused-ring (bicyclic) bond motifs is 1. The van der Waals surface area contributed by atoms with Crippen LogP contribution in [0.4, 0.5) is 4.79 Å². The molecule has 0 saturated carbocycles. The average Bonchev–Trinajstić information content (AvgIpc) is 3.36. The van der Waals surface area contributed by atoms with Gasteiger partial charge in [0, 0.05) is 50.6 Å². The molecule has 0 bridgehead atoms. The summed E-state index contributed by atoms with van der Waals surface area (Å²) in [4.78, 5) is 19.7. The Hall–Kier alpha value is -2.30. The number of nitrogens with one attached hydrogen (secondary N) is 1. The van der Waals surface area contributed by atoms with E-state index in [1.54, 1.807) is 0 Å². The maximum atomic E-state index is 12.9. The molecule has 3 heterocycles. The maximum Gasteiger partial charge on any atom is 0.317 e. The molecule has 1 aromatic carbocycles. The Morgan fingerprint density at radius 1 is 1.21 bits per heavy atom. The van der Waals surface area contributed by atoms with Crippen molar-refractivity contribution >= 4 is 6.03 Å². The van der Waals surface area contributed by atoms with Gasteiger partial charge in [-0.1, -0.05) is 37.3 Å². The Bertz CT molecular complexity index is 762. The molecule has 2 atom stereocenters. The summed E-state index contributed by atoms with van der Waals surface area (Å²) in [5.74, 6) is 1.62. The third-order valence-electron chi connectivity index (χ3n) is 6.31. The van der Waals surface area contributed by atoms with Crippen molar-refractivity contribution in [1.29, 1.82) is 0 Å². The molecule has 1 aromatic heterocycles. The van der Waals surface area contributed by atoms with Gasteiger partial charge in [0.05, 0.1) is 5.69 Å². The van der Waals surface area contributed by atoms with E-state index >= 15 is 0 Å². The fourth-order valence-electron chi connectivity index (χ4n) is 4.88. The van der Waals surface area contributed by atoms with Crippen LogP contribution in [0, 0.1) is 0 Å². The summed E-state index contributed by atoms with van der Waals surface area (Å²) in [6.45, 7) is 4.83. The van der Waals surface area contributed by atoms with Gasteiger partial charge < -0.3 is 14.8 Å². The minimum atomic E-state index is 0.0841. The highest BCUT2D eigenvalue weighted by Gasteiger charge is 2.34. The van der Waals surface area contributed by atoms with E-state index in [-0.39, 0.29) is 6.03 Å². The van der Waals surface area contributed by atoms with Gasteiger partial charge in [-0.25, -0.2) is 9.78 Å². The second kappa shape index (κ2) is 8.80. The van der Waals surface area contributed by atoms with E-state index < -0.39 is 0 Å². The first-order chi connectivity index (χ1) is 13.8. The molecule has 2 aliphatic heterocycles. The molecule has 28 heavy (non-hydrogen) atoms. The van der Waals surface area contributed by atoms with Crippen molar-refractivity contribution in [3.63, 3.8) is 0 Å². The van der Waals surface area contributed by atoms with Crippen molar-refractivity contribution < 1.29 is 4.79 Å². The number of carbonyl (C=O) groups excluding carboxylic acids is 1. The number of urea groups is 1. The number of nitrogens with zero attached hydrogens (tertiary/aromatic N) is 3. The Morgan fingerprint density at radius 2 is 2.07 bits per heavy atom. The Labute approximate surface area is 168 Å². The molecule has 0 aliphatic carbocycles. The van der Waals surface area contributed by atoms with Crippen LogP contribution in [-0.4, -0.2) is 39.6 Å². The van der Waals surface area contributed by atoms with Crippen molar-refractivity contribution in [2.75, 3.05) is 13.1 Å². The molecule has 150 valence electrons. The zero-order valence-electron chi connectivity index (χ0n) is 16.9.